The van der Waals surface area contributed by atoms with Crippen molar-refractivity contribution >= 4 is 17.9 Å². The topological polar surface area (TPSA) is 92.7 Å². The fraction of sp³-hybridized carbons (Fsp3) is 0.158. The Hall–Kier alpha value is -3.48. The van der Waals surface area contributed by atoms with E-state index in [0.29, 0.717) is 23.8 Å². The van der Waals surface area contributed by atoms with Crippen LogP contribution < -0.4 is 24.8 Å². The predicted molar refractivity (Wildman–Crippen MR) is 97.7 cm³/mol. The molecule has 0 radical (unpaired) electrons. The molecule has 3 rings (SSSR count). The van der Waals surface area contributed by atoms with Crippen molar-refractivity contribution in [1.29, 1.82) is 5.41 Å². The maximum absolute atomic E-state index is 11.2. The zero-order valence-corrected chi connectivity index (χ0v) is 14.5. The van der Waals surface area contributed by atoms with Gasteiger partial charge in [0.25, 0.3) is 0 Å². The van der Waals surface area contributed by atoms with Gasteiger partial charge in [0, 0.05) is 0 Å². The number of nitrogens with one attached hydrogen (secondary N) is 3. The van der Waals surface area contributed by atoms with E-state index in [2.05, 4.69) is 10.6 Å². The van der Waals surface area contributed by atoms with Crippen molar-refractivity contribution in [3.8, 4) is 17.2 Å². The molecule has 0 unspecified atom stereocenters. The van der Waals surface area contributed by atoms with Crippen LogP contribution in [0.15, 0.2) is 48.2 Å². The highest BCUT2D eigenvalue weighted by Crippen LogP contribution is 2.30. The molecule has 7 heteroatoms. The van der Waals surface area contributed by atoms with Crippen molar-refractivity contribution in [3.05, 3.63) is 59.3 Å². The number of hydrogen-bond donors (Lipinski definition) is 3. The summed E-state index contributed by atoms with van der Waals surface area (Å²) in [7, 11) is 3.19. The van der Waals surface area contributed by atoms with Crippen LogP contribution in [0.3, 0.4) is 0 Å². The van der Waals surface area contributed by atoms with E-state index in [9.17, 15) is 4.79 Å². The number of amidine groups is 1. The third kappa shape index (κ3) is 3.94. The molecule has 2 aromatic rings. The number of urea groups is 1. The summed E-state index contributed by atoms with van der Waals surface area (Å²) < 4.78 is 16.4. The van der Waals surface area contributed by atoms with E-state index >= 15 is 0 Å². The first-order valence-electron chi connectivity index (χ1n) is 7.91. The van der Waals surface area contributed by atoms with E-state index in [4.69, 9.17) is 19.6 Å². The lowest BCUT2D eigenvalue weighted by Crippen LogP contribution is -2.21. The summed E-state index contributed by atoms with van der Waals surface area (Å²) in [5.41, 5.74) is 2.19. The first-order chi connectivity index (χ1) is 12.6. The summed E-state index contributed by atoms with van der Waals surface area (Å²) in [6.45, 7) is 0.394. The summed E-state index contributed by atoms with van der Waals surface area (Å²) in [5.74, 6) is 2.00. The second-order valence-electron chi connectivity index (χ2n) is 5.56. The number of carbonyl (C=O) groups excluding carboxylic acids is 1. The van der Waals surface area contributed by atoms with Crippen LogP contribution in [0.25, 0.3) is 6.08 Å². The van der Waals surface area contributed by atoms with E-state index in [1.807, 2.05) is 30.3 Å². The molecule has 0 aromatic heterocycles. The van der Waals surface area contributed by atoms with Crippen molar-refractivity contribution in [3.63, 3.8) is 0 Å². The molecule has 0 bridgehead atoms. The smallest absolute Gasteiger partial charge is 0.325 e. The minimum absolute atomic E-state index is 0.0359. The van der Waals surface area contributed by atoms with Crippen LogP contribution in [0.4, 0.5) is 4.79 Å². The molecule has 1 aliphatic rings. The van der Waals surface area contributed by atoms with Gasteiger partial charge in [0.1, 0.15) is 12.4 Å². The normalized spacial score (nSPS) is 14.8. The molecule has 0 aliphatic carbocycles. The molecule has 2 aromatic carbocycles. The Kier molecular flexibility index (Phi) is 5.07. The third-order valence-corrected chi connectivity index (χ3v) is 3.81. The van der Waals surface area contributed by atoms with E-state index < -0.39 is 6.03 Å². The molecule has 0 saturated carbocycles. The Morgan fingerprint density at radius 1 is 1.00 bits per heavy atom. The number of benzene rings is 2. The quantitative estimate of drug-likeness (QED) is 0.744. The molecule has 134 valence electrons. The second-order valence-corrected chi connectivity index (χ2v) is 5.56. The molecule has 1 saturated heterocycles. The van der Waals surface area contributed by atoms with Gasteiger partial charge < -0.3 is 19.5 Å². The zero-order chi connectivity index (χ0) is 18.5. The van der Waals surface area contributed by atoms with Crippen LogP contribution in [-0.2, 0) is 6.61 Å². The summed E-state index contributed by atoms with van der Waals surface area (Å²) in [6.07, 6.45) is 1.69. The Balaban J connectivity index is 1.73. The van der Waals surface area contributed by atoms with Crippen molar-refractivity contribution < 1.29 is 19.0 Å². The van der Waals surface area contributed by atoms with Crippen molar-refractivity contribution in [2.75, 3.05) is 14.2 Å². The molecule has 1 heterocycles. The van der Waals surface area contributed by atoms with Gasteiger partial charge in [-0.1, -0.05) is 18.2 Å². The van der Waals surface area contributed by atoms with Gasteiger partial charge in [-0.05, 0) is 41.5 Å². The van der Waals surface area contributed by atoms with Crippen molar-refractivity contribution in [1.82, 2.24) is 10.6 Å². The van der Waals surface area contributed by atoms with Gasteiger partial charge >= 0.3 is 6.03 Å². The van der Waals surface area contributed by atoms with Crippen LogP contribution in [0.5, 0.6) is 17.2 Å². The largest absolute Gasteiger partial charge is 0.497 e. The van der Waals surface area contributed by atoms with E-state index in [0.717, 1.165) is 16.9 Å². The van der Waals surface area contributed by atoms with Gasteiger partial charge in [-0.15, -0.1) is 0 Å². The van der Waals surface area contributed by atoms with Gasteiger partial charge in [0.15, 0.2) is 17.3 Å². The first kappa shape index (κ1) is 17.3. The molecule has 0 spiro atoms. The predicted octanol–water partition coefficient (Wildman–Crippen LogP) is 2.91. The fourth-order valence-corrected chi connectivity index (χ4v) is 2.45. The summed E-state index contributed by atoms with van der Waals surface area (Å²) in [5, 5.41) is 12.6. The fourth-order valence-electron chi connectivity index (χ4n) is 2.45. The molecule has 26 heavy (non-hydrogen) atoms. The van der Waals surface area contributed by atoms with Crippen LogP contribution in [0.1, 0.15) is 11.1 Å². The second kappa shape index (κ2) is 7.60. The van der Waals surface area contributed by atoms with E-state index in [1.54, 1.807) is 32.4 Å². The average Bonchev–Trinajstić information content (AvgIpc) is 2.97. The molecule has 1 aliphatic heterocycles. The van der Waals surface area contributed by atoms with Gasteiger partial charge in [0.2, 0.25) is 0 Å². The Labute approximate surface area is 151 Å². The zero-order valence-electron chi connectivity index (χ0n) is 14.5. The van der Waals surface area contributed by atoms with E-state index in [-0.39, 0.29) is 5.84 Å². The Morgan fingerprint density at radius 2 is 1.77 bits per heavy atom. The number of ether oxygens (including phenoxy) is 3. The lowest BCUT2D eigenvalue weighted by atomic mass is 10.1. The molecule has 7 nitrogen and oxygen atoms in total. The summed E-state index contributed by atoms with van der Waals surface area (Å²) >= 11 is 0. The Morgan fingerprint density at radius 3 is 2.38 bits per heavy atom. The number of hydrogen-bond acceptors (Lipinski definition) is 5. The molecule has 2 amide bonds. The Bertz CT molecular complexity index is 860. The van der Waals surface area contributed by atoms with Crippen molar-refractivity contribution in [2.24, 2.45) is 0 Å². The number of carbonyl (C=O) groups is 1. The van der Waals surface area contributed by atoms with Gasteiger partial charge in [-0.25, -0.2) is 4.79 Å². The molecule has 0 atom stereocenters. The maximum atomic E-state index is 11.2. The number of amides is 2. The summed E-state index contributed by atoms with van der Waals surface area (Å²) in [4.78, 5) is 11.2. The molecular weight excluding hydrogens is 334 g/mol. The van der Waals surface area contributed by atoms with Crippen molar-refractivity contribution in [2.45, 2.75) is 6.61 Å². The third-order valence-electron chi connectivity index (χ3n) is 3.81. The van der Waals surface area contributed by atoms with Gasteiger partial charge in [0.05, 0.1) is 19.9 Å². The maximum Gasteiger partial charge on any atom is 0.325 e. The first-order valence-corrected chi connectivity index (χ1v) is 7.91. The lowest BCUT2D eigenvalue weighted by molar-refractivity contribution is 0.250. The van der Waals surface area contributed by atoms with E-state index in [1.165, 1.54) is 0 Å². The van der Waals surface area contributed by atoms with Crippen LogP contribution >= 0.6 is 0 Å². The summed E-state index contributed by atoms with van der Waals surface area (Å²) in [6, 6.07) is 12.6. The van der Waals surface area contributed by atoms with Gasteiger partial charge in [-0.3, -0.25) is 10.7 Å². The van der Waals surface area contributed by atoms with Crippen LogP contribution in [0, 0.1) is 5.41 Å². The molecular formula is C19H19N3O4. The van der Waals surface area contributed by atoms with Crippen LogP contribution in [0.2, 0.25) is 0 Å². The minimum atomic E-state index is -0.410. The SMILES string of the molecule is COc1ccc(COc2ccc(/C=C3\NC(=O)NC3=N)cc2OC)cc1. The highest BCUT2D eigenvalue weighted by molar-refractivity contribution is 6.15. The van der Waals surface area contributed by atoms with Gasteiger partial charge in [-0.2, -0.15) is 0 Å². The minimum Gasteiger partial charge on any atom is -0.497 e. The number of methoxy groups -OCH3 is 2. The number of rotatable bonds is 6. The monoisotopic (exact) mass is 353 g/mol. The lowest BCUT2D eigenvalue weighted by Gasteiger charge is -2.12. The highest BCUT2D eigenvalue weighted by Gasteiger charge is 2.19. The highest BCUT2D eigenvalue weighted by atomic mass is 16.5. The molecule has 3 N–H and O–H groups in total. The average molecular weight is 353 g/mol. The molecule has 1 fully saturated rings. The standard InChI is InChI=1S/C19H19N3O4/c1-24-14-6-3-12(4-7-14)11-26-16-8-5-13(10-17(16)25-2)9-15-18(20)22-19(23)21-15/h3-10H,11H2,1-2H3,(H3,20,21,22,23)/b15-9-. The van der Waals surface area contributed by atoms with Crippen LogP contribution in [-0.4, -0.2) is 26.1 Å².